The first kappa shape index (κ1) is 29.9. The molecule has 3 rings (SSSR count). The van der Waals surface area contributed by atoms with Crippen LogP contribution in [0.5, 0.6) is 17.2 Å². The van der Waals surface area contributed by atoms with E-state index in [2.05, 4.69) is 15.6 Å². The van der Waals surface area contributed by atoms with Crippen molar-refractivity contribution in [3.8, 4) is 27.7 Å². The number of carbonyl (C=O) groups is 2. The van der Waals surface area contributed by atoms with Gasteiger partial charge in [-0.25, -0.2) is 4.98 Å². The number of ether oxygens (including phenoxy) is 3. The van der Waals surface area contributed by atoms with Gasteiger partial charge in [-0.1, -0.05) is 75.8 Å². The number of carbonyl (C=O) groups excluding carboxylic acids is 2. The highest BCUT2D eigenvalue weighted by molar-refractivity contribution is 7.19. The summed E-state index contributed by atoms with van der Waals surface area (Å²) in [6.07, 6.45) is 1.58. The van der Waals surface area contributed by atoms with Gasteiger partial charge >= 0.3 is 0 Å². The number of thiazole rings is 1. The summed E-state index contributed by atoms with van der Waals surface area (Å²) < 4.78 is 16.9. The summed E-state index contributed by atoms with van der Waals surface area (Å²) in [6, 6.07) is 12.5. The van der Waals surface area contributed by atoms with Gasteiger partial charge in [0.15, 0.2) is 16.6 Å². The lowest BCUT2D eigenvalue weighted by Crippen LogP contribution is -2.50. The molecule has 210 valence electrons. The Kier molecular flexibility index (Phi) is 10.3. The zero-order valence-corrected chi connectivity index (χ0v) is 24.1. The van der Waals surface area contributed by atoms with Crippen molar-refractivity contribution in [1.29, 1.82) is 0 Å². The number of aliphatic hydroxyl groups is 1. The number of nitrogens with zero attached hydrogens (tertiary/aromatic N) is 1. The summed E-state index contributed by atoms with van der Waals surface area (Å²) in [5.74, 6) is 0.705. The predicted octanol–water partition coefficient (Wildman–Crippen LogP) is 5.04. The van der Waals surface area contributed by atoms with Crippen LogP contribution in [-0.4, -0.2) is 48.3 Å². The number of hydrogen-bond acceptors (Lipinski definition) is 8. The molecule has 39 heavy (non-hydrogen) atoms. The second-order valence-corrected chi connectivity index (χ2v) is 11.1. The third-order valence-corrected chi connectivity index (χ3v) is 6.99. The molecule has 0 spiro atoms. The van der Waals surface area contributed by atoms with Gasteiger partial charge in [-0.05, 0) is 35.1 Å². The first-order valence-electron chi connectivity index (χ1n) is 12.8. The predicted molar refractivity (Wildman–Crippen MR) is 152 cm³/mol. The number of amides is 2. The minimum atomic E-state index is -1.23. The maximum absolute atomic E-state index is 13.0. The van der Waals surface area contributed by atoms with Crippen molar-refractivity contribution in [3.05, 3.63) is 54.2 Å². The second-order valence-electron chi connectivity index (χ2n) is 10.1. The average molecular weight is 556 g/mol. The average Bonchev–Trinajstić information content (AvgIpc) is 3.38. The highest BCUT2D eigenvalue weighted by Crippen LogP contribution is 2.38. The van der Waals surface area contributed by atoms with Crippen LogP contribution in [0.3, 0.4) is 0 Å². The molecule has 0 radical (unpaired) electrons. The van der Waals surface area contributed by atoms with Gasteiger partial charge in [-0.15, -0.1) is 0 Å². The lowest BCUT2D eigenvalue weighted by molar-refractivity contribution is -0.137. The van der Waals surface area contributed by atoms with E-state index >= 15 is 0 Å². The van der Waals surface area contributed by atoms with Gasteiger partial charge in [0.25, 0.3) is 0 Å². The molecular weight excluding hydrogens is 518 g/mol. The second kappa shape index (κ2) is 13.4. The van der Waals surface area contributed by atoms with Crippen molar-refractivity contribution in [2.45, 2.75) is 59.3 Å². The number of benzene rings is 2. The van der Waals surface area contributed by atoms with E-state index in [4.69, 9.17) is 14.2 Å². The molecule has 3 aromatic rings. The van der Waals surface area contributed by atoms with Gasteiger partial charge < -0.3 is 30.0 Å². The monoisotopic (exact) mass is 555 g/mol. The molecule has 0 bridgehead atoms. The Morgan fingerprint density at radius 3 is 2.41 bits per heavy atom. The minimum Gasteiger partial charge on any atom is -0.493 e. The lowest BCUT2D eigenvalue weighted by atomic mass is 9.88. The SMILES string of the molecule is CCCC(NC(=O)[C@@H](O)C(C)(C)C)C(=O)Nc1ncc(-c2ccccc2COc2cccc(OC)c2OC)s1. The van der Waals surface area contributed by atoms with Crippen LogP contribution in [0.4, 0.5) is 5.13 Å². The highest BCUT2D eigenvalue weighted by atomic mass is 32.1. The highest BCUT2D eigenvalue weighted by Gasteiger charge is 2.32. The summed E-state index contributed by atoms with van der Waals surface area (Å²) in [6.45, 7) is 7.49. The summed E-state index contributed by atoms with van der Waals surface area (Å²) in [5.41, 5.74) is 1.20. The molecule has 2 amide bonds. The number of hydrogen-bond donors (Lipinski definition) is 3. The molecule has 0 saturated carbocycles. The zero-order chi connectivity index (χ0) is 28.6. The van der Waals surface area contributed by atoms with Crippen LogP contribution in [0.15, 0.2) is 48.7 Å². The van der Waals surface area contributed by atoms with E-state index in [1.54, 1.807) is 47.3 Å². The Morgan fingerprint density at radius 2 is 1.74 bits per heavy atom. The van der Waals surface area contributed by atoms with Crippen LogP contribution in [-0.2, 0) is 16.2 Å². The molecule has 0 saturated heterocycles. The van der Waals surface area contributed by atoms with Crippen LogP contribution in [0.1, 0.15) is 46.1 Å². The van der Waals surface area contributed by atoms with E-state index in [0.29, 0.717) is 35.2 Å². The molecule has 0 aliphatic rings. The van der Waals surface area contributed by atoms with Crippen LogP contribution in [0.2, 0.25) is 0 Å². The summed E-state index contributed by atoms with van der Waals surface area (Å²) >= 11 is 1.32. The van der Waals surface area contributed by atoms with Crippen LogP contribution in [0.25, 0.3) is 10.4 Å². The molecule has 9 nitrogen and oxygen atoms in total. The number of rotatable bonds is 12. The molecule has 1 heterocycles. The van der Waals surface area contributed by atoms with E-state index in [9.17, 15) is 14.7 Å². The molecule has 3 N–H and O–H groups in total. The number of aromatic nitrogens is 1. The molecule has 0 aliphatic heterocycles. The Morgan fingerprint density at radius 1 is 1.03 bits per heavy atom. The number of aliphatic hydroxyl groups excluding tert-OH is 1. The summed E-state index contributed by atoms with van der Waals surface area (Å²) in [4.78, 5) is 30.8. The first-order chi connectivity index (χ1) is 18.6. The van der Waals surface area contributed by atoms with Crippen molar-refractivity contribution in [3.63, 3.8) is 0 Å². The van der Waals surface area contributed by atoms with Crippen molar-refractivity contribution in [1.82, 2.24) is 10.3 Å². The van der Waals surface area contributed by atoms with Crippen molar-refractivity contribution < 1.29 is 28.9 Å². The fraction of sp³-hybridized carbons (Fsp3) is 0.414. The molecular formula is C29H37N3O6S. The Bertz CT molecular complexity index is 1270. The third kappa shape index (κ3) is 7.70. The van der Waals surface area contributed by atoms with Gasteiger partial charge in [0.2, 0.25) is 17.6 Å². The molecule has 0 fully saturated rings. The zero-order valence-electron chi connectivity index (χ0n) is 23.2. The van der Waals surface area contributed by atoms with Crippen LogP contribution >= 0.6 is 11.3 Å². The summed E-state index contributed by atoms with van der Waals surface area (Å²) in [5, 5.41) is 16.2. The van der Waals surface area contributed by atoms with Crippen molar-refractivity contribution in [2.24, 2.45) is 5.41 Å². The van der Waals surface area contributed by atoms with Crippen LogP contribution in [0, 0.1) is 5.41 Å². The number of nitrogens with one attached hydrogen (secondary N) is 2. The van der Waals surface area contributed by atoms with E-state index in [-0.39, 0.29) is 12.5 Å². The van der Waals surface area contributed by atoms with Gasteiger partial charge in [0.1, 0.15) is 18.8 Å². The van der Waals surface area contributed by atoms with Gasteiger partial charge in [-0.2, -0.15) is 0 Å². The van der Waals surface area contributed by atoms with E-state index in [1.807, 2.05) is 43.3 Å². The van der Waals surface area contributed by atoms with E-state index < -0.39 is 23.5 Å². The third-order valence-electron chi connectivity index (χ3n) is 6.05. The maximum Gasteiger partial charge on any atom is 0.250 e. The fourth-order valence-corrected chi connectivity index (χ4v) is 4.74. The Labute approximate surface area is 233 Å². The smallest absolute Gasteiger partial charge is 0.250 e. The maximum atomic E-state index is 13.0. The van der Waals surface area contributed by atoms with Gasteiger partial charge in [0.05, 0.1) is 19.1 Å². The minimum absolute atomic E-state index is 0.278. The van der Waals surface area contributed by atoms with Gasteiger partial charge in [-0.3, -0.25) is 9.59 Å². The Hall–Kier alpha value is -3.63. The lowest BCUT2D eigenvalue weighted by Gasteiger charge is -2.26. The summed E-state index contributed by atoms with van der Waals surface area (Å²) in [7, 11) is 3.14. The van der Waals surface area contributed by atoms with Crippen LogP contribution < -0.4 is 24.8 Å². The molecule has 1 aromatic heterocycles. The molecule has 1 unspecified atom stereocenters. The number of methoxy groups -OCH3 is 2. The van der Waals surface area contributed by atoms with Gasteiger partial charge in [0, 0.05) is 6.20 Å². The largest absolute Gasteiger partial charge is 0.493 e. The topological polar surface area (TPSA) is 119 Å². The molecule has 0 aliphatic carbocycles. The fourth-order valence-electron chi connectivity index (χ4n) is 3.86. The van der Waals surface area contributed by atoms with Crippen molar-refractivity contribution >= 4 is 28.3 Å². The van der Waals surface area contributed by atoms with E-state index in [1.165, 1.54) is 11.3 Å². The number of para-hydroxylation sites is 1. The Balaban J connectivity index is 1.73. The van der Waals surface area contributed by atoms with Crippen molar-refractivity contribution in [2.75, 3.05) is 19.5 Å². The number of anilines is 1. The normalized spacial score (nSPS) is 12.8. The molecule has 10 heteroatoms. The molecule has 2 aromatic carbocycles. The standard InChI is InChI=1S/C29H37N3O6S/c1-7-11-20(31-27(35)25(33)29(2,3)4)26(34)32-28-30-16-23(39-28)19-13-9-8-12-18(19)17-38-22-15-10-14-21(36-5)24(22)37-6/h8-10,12-16,20,25,33H,7,11,17H2,1-6H3,(H,31,35)(H,30,32,34)/t20?,25-/m1/s1. The molecule has 2 atom stereocenters. The quantitative estimate of drug-likeness (QED) is 0.287. The van der Waals surface area contributed by atoms with E-state index in [0.717, 1.165) is 16.0 Å². The first-order valence-corrected chi connectivity index (χ1v) is 13.6.